The lowest BCUT2D eigenvalue weighted by Crippen LogP contribution is -2.22. The highest BCUT2D eigenvalue weighted by Crippen LogP contribution is 2.38. The van der Waals surface area contributed by atoms with Crippen molar-refractivity contribution in [3.63, 3.8) is 0 Å². The third-order valence-electron chi connectivity index (χ3n) is 5.91. The fourth-order valence-corrected chi connectivity index (χ4v) is 4.38. The topological polar surface area (TPSA) is 67.0 Å². The van der Waals surface area contributed by atoms with Crippen LogP contribution in [0.1, 0.15) is 27.0 Å². The minimum absolute atomic E-state index is 0.136. The Kier molecular flexibility index (Phi) is 5.41. The number of amides is 1. The molecule has 2 N–H and O–H groups in total. The van der Waals surface area contributed by atoms with E-state index >= 15 is 0 Å². The van der Waals surface area contributed by atoms with Crippen LogP contribution >= 0.6 is 11.6 Å². The first-order chi connectivity index (χ1) is 15.6. The number of methoxy groups -OCH3 is 1. The molecular formula is C26H22ClN3O2. The van der Waals surface area contributed by atoms with E-state index in [-0.39, 0.29) is 5.91 Å². The van der Waals surface area contributed by atoms with Crippen LogP contribution in [-0.4, -0.2) is 23.2 Å². The fourth-order valence-electron chi connectivity index (χ4n) is 4.18. The molecule has 1 heterocycles. The number of ether oxygens (including phenoxy) is 1. The quantitative estimate of drug-likeness (QED) is 0.432. The Morgan fingerprint density at radius 2 is 1.91 bits per heavy atom. The Balaban J connectivity index is 1.34. The van der Waals surface area contributed by atoms with Crippen LogP contribution in [0.5, 0.6) is 5.75 Å². The van der Waals surface area contributed by atoms with Gasteiger partial charge < -0.3 is 10.1 Å². The van der Waals surface area contributed by atoms with Crippen molar-refractivity contribution in [1.82, 2.24) is 15.5 Å². The van der Waals surface area contributed by atoms with Crippen LogP contribution in [0.3, 0.4) is 0 Å². The highest BCUT2D eigenvalue weighted by atomic mass is 35.5. The van der Waals surface area contributed by atoms with Gasteiger partial charge in [0.2, 0.25) is 0 Å². The number of benzene rings is 3. The highest BCUT2D eigenvalue weighted by molar-refractivity contribution is 6.31. The van der Waals surface area contributed by atoms with Crippen molar-refractivity contribution in [2.75, 3.05) is 7.11 Å². The van der Waals surface area contributed by atoms with Gasteiger partial charge in [-0.25, -0.2) is 0 Å². The summed E-state index contributed by atoms with van der Waals surface area (Å²) in [5.74, 6) is 0.735. The second-order valence-corrected chi connectivity index (χ2v) is 8.21. The average Bonchev–Trinajstić information content (AvgIpc) is 3.27. The van der Waals surface area contributed by atoms with Crippen LogP contribution in [0, 0.1) is 0 Å². The largest absolute Gasteiger partial charge is 0.497 e. The lowest BCUT2D eigenvalue weighted by molar-refractivity contribution is 0.0951. The van der Waals surface area contributed by atoms with Gasteiger partial charge in [-0.2, -0.15) is 5.10 Å². The first-order valence-electron chi connectivity index (χ1n) is 10.5. The van der Waals surface area contributed by atoms with Gasteiger partial charge in [-0.1, -0.05) is 41.9 Å². The maximum atomic E-state index is 12.6. The van der Waals surface area contributed by atoms with Gasteiger partial charge in [0.05, 0.1) is 18.5 Å². The number of aryl methyl sites for hydroxylation is 1. The Morgan fingerprint density at radius 1 is 1.09 bits per heavy atom. The number of rotatable bonds is 5. The number of nitrogens with zero attached hydrogens (tertiary/aromatic N) is 1. The number of carbonyl (C=O) groups is 1. The summed E-state index contributed by atoms with van der Waals surface area (Å²) in [5.41, 5.74) is 8.11. The smallest absolute Gasteiger partial charge is 0.251 e. The molecule has 1 aliphatic carbocycles. The van der Waals surface area contributed by atoms with Gasteiger partial charge >= 0.3 is 0 Å². The zero-order valence-corrected chi connectivity index (χ0v) is 18.4. The summed E-state index contributed by atoms with van der Waals surface area (Å²) in [7, 11) is 1.69. The van der Waals surface area contributed by atoms with Gasteiger partial charge in [-0.3, -0.25) is 9.89 Å². The molecule has 0 atom stereocenters. The third kappa shape index (κ3) is 3.76. The number of fused-ring (bicyclic) bond motifs is 3. The lowest BCUT2D eigenvalue weighted by Gasteiger charge is -2.17. The third-order valence-corrected chi connectivity index (χ3v) is 6.28. The molecule has 6 heteroatoms. The number of hydrogen-bond acceptors (Lipinski definition) is 3. The molecule has 0 unspecified atom stereocenters. The van der Waals surface area contributed by atoms with Crippen LogP contribution in [-0.2, 0) is 19.4 Å². The van der Waals surface area contributed by atoms with Crippen LogP contribution in [0.15, 0.2) is 66.7 Å². The summed E-state index contributed by atoms with van der Waals surface area (Å²) in [6, 6.07) is 21.2. The molecule has 1 aromatic heterocycles. The summed E-state index contributed by atoms with van der Waals surface area (Å²) in [5, 5.41) is 11.4. The summed E-state index contributed by atoms with van der Waals surface area (Å²) in [4.78, 5) is 12.6. The predicted octanol–water partition coefficient (Wildman–Crippen LogP) is 5.43. The molecule has 5 nitrogen and oxygen atoms in total. The minimum Gasteiger partial charge on any atom is -0.497 e. The molecule has 160 valence electrons. The SMILES string of the molecule is COc1ccc2c(c1)CCc1c(-c3ccc(C(=O)NCc4ccccc4Cl)cc3)n[nH]c1-2. The van der Waals surface area contributed by atoms with Crippen molar-refractivity contribution in [2.45, 2.75) is 19.4 Å². The monoisotopic (exact) mass is 443 g/mol. The molecule has 0 saturated heterocycles. The molecule has 0 radical (unpaired) electrons. The Morgan fingerprint density at radius 3 is 2.69 bits per heavy atom. The van der Waals surface area contributed by atoms with E-state index in [4.69, 9.17) is 16.3 Å². The summed E-state index contributed by atoms with van der Waals surface area (Å²) < 4.78 is 5.36. The Hall–Kier alpha value is -3.57. The van der Waals surface area contributed by atoms with Gasteiger partial charge in [0.25, 0.3) is 5.91 Å². The van der Waals surface area contributed by atoms with E-state index in [0.29, 0.717) is 17.1 Å². The van der Waals surface area contributed by atoms with Gasteiger partial charge in [0, 0.05) is 33.8 Å². The average molecular weight is 444 g/mol. The highest BCUT2D eigenvalue weighted by Gasteiger charge is 2.23. The van der Waals surface area contributed by atoms with Crippen LogP contribution < -0.4 is 10.1 Å². The van der Waals surface area contributed by atoms with E-state index in [1.54, 1.807) is 7.11 Å². The summed E-state index contributed by atoms with van der Waals surface area (Å²) in [6.07, 6.45) is 1.84. The zero-order chi connectivity index (χ0) is 22.1. The molecule has 1 amide bonds. The van der Waals surface area contributed by atoms with Crippen LogP contribution in [0.4, 0.5) is 0 Å². The number of aromatic nitrogens is 2. The van der Waals surface area contributed by atoms with Crippen LogP contribution in [0.2, 0.25) is 5.02 Å². The molecule has 0 aliphatic heterocycles. The van der Waals surface area contributed by atoms with Gasteiger partial charge in [-0.05, 0) is 60.4 Å². The molecule has 1 aliphatic rings. The first kappa shape index (κ1) is 20.3. The molecule has 4 aromatic rings. The molecule has 32 heavy (non-hydrogen) atoms. The fraction of sp³-hybridized carbons (Fsp3) is 0.154. The van der Waals surface area contributed by atoms with Crippen molar-refractivity contribution >= 4 is 17.5 Å². The number of carbonyl (C=O) groups excluding carboxylic acids is 1. The zero-order valence-electron chi connectivity index (χ0n) is 17.6. The van der Waals surface area contributed by atoms with E-state index in [0.717, 1.165) is 41.1 Å². The van der Waals surface area contributed by atoms with Crippen LogP contribution in [0.25, 0.3) is 22.5 Å². The van der Waals surface area contributed by atoms with Gasteiger partial charge in [-0.15, -0.1) is 0 Å². The van der Waals surface area contributed by atoms with Gasteiger partial charge in [0.1, 0.15) is 5.75 Å². The van der Waals surface area contributed by atoms with Crippen molar-refractivity contribution in [1.29, 1.82) is 0 Å². The standard InChI is InChI=1S/C26H22ClN3O2/c1-32-20-11-13-21-18(14-20)10-12-22-24(29-30-25(21)22)16-6-8-17(9-7-16)26(31)28-15-19-4-2-3-5-23(19)27/h2-9,11,13-14H,10,12,15H2,1H3,(H,28,31)(H,29,30). The molecule has 0 saturated carbocycles. The molecule has 3 aromatic carbocycles. The van der Waals surface area contributed by atoms with Gasteiger partial charge in [0.15, 0.2) is 0 Å². The molecule has 0 bridgehead atoms. The Bertz CT molecular complexity index is 1290. The predicted molar refractivity (Wildman–Crippen MR) is 126 cm³/mol. The summed E-state index contributed by atoms with van der Waals surface area (Å²) >= 11 is 6.17. The lowest BCUT2D eigenvalue weighted by atomic mass is 9.87. The summed E-state index contributed by atoms with van der Waals surface area (Å²) in [6.45, 7) is 0.386. The van der Waals surface area contributed by atoms with Crippen molar-refractivity contribution in [3.8, 4) is 28.3 Å². The maximum Gasteiger partial charge on any atom is 0.251 e. The van der Waals surface area contributed by atoms with E-state index in [1.165, 1.54) is 16.7 Å². The maximum absolute atomic E-state index is 12.6. The second kappa shape index (κ2) is 8.52. The molecular weight excluding hydrogens is 422 g/mol. The molecule has 5 rings (SSSR count). The van der Waals surface area contributed by atoms with E-state index in [2.05, 4.69) is 27.6 Å². The minimum atomic E-state index is -0.136. The second-order valence-electron chi connectivity index (χ2n) is 7.80. The Labute approximate surface area is 191 Å². The normalized spacial score (nSPS) is 12.1. The van der Waals surface area contributed by atoms with E-state index < -0.39 is 0 Å². The number of nitrogens with one attached hydrogen (secondary N) is 2. The van der Waals surface area contributed by atoms with Crippen molar-refractivity contribution < 1.29 is 9.53 Å². The number of aromatic amines is 1. The number of halogens is 1. The first-order valence-corrected chi connectivity index (χ1v) is 10.9. The van der Waals surface area contributed by atoms with Crippen molar-refractivity contribution in [2.24, 2.45) is 0 Å². The number of hydrogen-bond donors (Lipinski definition) is 2. The van der Waals surface area contributed by atoms with E-state index in [1.807, 2.05) is 54.6 Å². The number of H-pyrrole nitrogens is 1. The molecule has 0 fully saturated rings. The van der Waals surface area contributed by atoms with E-state index in [9.17, 15) is 4.79 Å². The van der Waals surface area contributed by atoms with Crippen molar-refractivity contribution in [3.05, 3.63) is 94.0 Å². The molecule has 0 spiro atoms.